The number of carbonyl (C=O) groups is 1. The molecule has 0 aliphatic carbocycles. The van der Waals surface area contributed by atoms with Crippen LogP contribution >= 0.6 is 0 Å². The average Bonchev–Trinajstić information content (AvgIpc) is 2.58. The normalized spacial score (nSPS) is 14.8. The Bertz CT molecular complexity index is 449. The molecular formula is C14H19NO2. The minimum atomic E-state index is -0.109. The monoisotopic (exact) mass is 233 g/mol. The van der Waals surface area contributed by atoms with Crippen molar-refractivity contribution in [2.45, 2.75) is 20.8 Å². The number of benzene rings is 1. The van der Waals surface area contributed by atoms with Gasteiger partial charge in [-0.2, -0.15) is 0 Å². The summed E-state index contributed by atoms with van der Waals surface area (Å²) < 4.78 is 0. The molecule has 0 unspecified atom stereocenters. The van der Waals surface area contributed by atoms with Gasteiger partial charge in [0.25, 0.3) is 5.91 Å². The zero-order chi connectivity index (χ0) is 13.0. The number of aryl methyl sites for hydroxylation is 1. The summed E-state index contributed by atoms with van der Waals surface area (Å²) in [5.74, 6) is 0.0543. The molecule has 1 N–H and O–H groups in total. The van der Waals surface area contributed by atoms with Crippen LogP contribution in [0.2, 0.25) is 0 Å². The van der Waals surface area contributed by atoms with Crippen LogP contribution in [0.1, 0.15) is 25.0 Å². The van der Waals surface area contributed by atoms with Crippen molar-refractivity contribution < 1.29 is 9.90 Å². The molecule has 1 heterocycles. The number of likely N-dealkylation sites (N-methyl/N-ethyl adjacent to an activating group) is 1. The van der Waals surface area contributed by atoms with Crippen molar-refractivity contribution in [1.29, 1.82) is 0 Å². The predicted molar refractivity (Wildman–Crippen MR) is 69.7 cm³/mol. The van der Waals surface area contributed by atoms with Crippen LogP contribution in [-0.4, -0.2) is 29.5 Å². The lowest BCUT2D eigenvalue weighted by atomic mass is 10.0. The molecule has 0 spiro atoms. The molecule has 0 saturated heterocycles. The SMILES string of the molecule is CC.Cc1ccccc1C1=C(O)CN(C)C1=O. The largest absolute Gasteiger partial charge is 0.510 e. The van der Waals surface area contributed by atoms with Gasteiger partial charge in [0.1, 0.15) is 5.76 Å². The van der Waals surface area contributed by atoms with Crippen LogP contribution in [0.5, 0.6) is 0 Å². The molecular weight excluding hydrogens is 214 g/mol. The Labute approximate surface area is 102 Å². The number of aliphatic hydroxyl groups is 1. The highest BCUT2D eigenvalue weighted by Crippen LogP contribution is 2.27. The van der Waals surface area contributed by atoms with E-state index in [2.05, 4.69) is 0 Å². The van der Waals surface area contributed by atoms with Gasteiger partial charge in [0.2, 0.25) is 0 Å². The van der Waals surface area contributed by atoms with Gasteiger partial charge in [0.05, 0.1) is 12.1 Å². The molecule has 0 bridgehead atoms. The Morgan fingerprint density at radius 1 is 1.24 bits per heavy atom. The molecule has 0 aromatic heterocycles. The van der Waals surface area contributed by atoms with E-state index in [9.17, 15) is 9.90 Å². The van der Waals surface area contributed by atoms with Gasteiger partial charge in [-0.3, -0.25) is 4.79 Å². The van der Waals surface area contributed by atoms with E-state index in [4.69, 9.17) is 0 Å². The van der Waals surface area contributed by atoms with E-state index in [0.29, 0.717) is 12.1 Å². The van der Waals surface area contributed by atoms with E-state index in [1.807, 2.05) is 45.0 Å². The Kier molecular flexibility index (Phi) is 4.32. The molecule has 0 fully saturated rings. The molecule has 0 radical (unpaired) electrons. The summed E-state index contributed by atoms with van der Waals surface area (Å²) in [6.45, 7) is 6.24. The van der Waals surface area contributed by atoms with Crippen LogP contribution in [0, 0.1) is 6.92 Å². The number of nitrogens with zero attached hydrogens (tertiary/aromatic N) is 1. The molecule has 3 heteroatoms. The predicted octanol–water partition coefficient (Wildman–Crippen LogP) is 2.76. The van der Waals surface area contributed by atoms with Gasteiger partial charge in [-0.15, -0.1) is 0 Å². The smallest absolute Gasteiger partial charge is 0.258 e. The minimum absolute atomic E-state index is 0.109. The Morgan fingerprint density at radius 2 is 1.82 bits per heavy atom. The highest BCUT2D eigenvalue weighted by atomic mass is 16.3. The quantitative estimate of drug-likeness (QED) is 0.810. The standard InChI is InChI=1S/C12H13NO2.C2H6/c1-8-5-3-4-6-9(8)11-10(14)7-13(2)12(11)15;1-2/h3-6,14H,7H2,1-2H3;1-2H3. The lowest BCUT2D eigenvalue weighted by Crippen LogP contribution is -2.21. The van der Waals surface area contributed by atoms with Crippen LogP contribution in [0.25, 0.3) is 5.57 Å². The van der Waals surface area contributed by atoms with E-state index >= 15 is 0 Å². The second-order valence-corrected chi connectivity index (χ2v) is 3.80. The fourth-order valence-corrected chi connectivity index (χ4v) is 1.81. The van der Waals surface area contributed by atoms with Gasteiger partial charge in [-0.05, 0) is 18.1 Å². The molecule has 1 aromatic rings. The van der Waals surface area contributed by atoms with Gasteiger partial charge in [0.15, 0.2) is 0 Å². The molecule has 0 saturated carbocycles. The molecule has 17 heavy (non-hydrogen) atoms. The average molecular weight is 233 g/mol. The topological polar surface area (TPSA) is 40.5 Å². The summed E-state index contributed by atoms with van der Waals surface area (Å²) in [6, 6.07) is 7.58. The Morgan fingerprint density at radius 3 is 2.29 bits per heavy atom. The van der Waals surface area contributed by atoms with Gasteiger partial charge in [-0.25, -0.2) is 0 Å². The first-order valence-corrected chi connectivity index (χ1v) is 5.85. The summed E-state index contributed by atoms with van der Waals surface area (Å²) >= 11 is 0. The maximum atomic E-state index is 11.8. The van der Waals surface area contributed by atoms with Gasteiger partial charge in [-0.1, -0.05) is 38.1 Å². The maximum Gasteiger partial charge on any atom is 0.258 e. The molecule has 3 nitrogen and oxygen atoms in total. The van der Waals surface area contributed by atoms with Crippen molar-refractivity contribution in [3.63, 3.8) is 0 Å². The van der Waals surface area contributed by atoms with Crippen LogP contribution in [0.15, 0.2) is 30.0 Å². The molecule has 0 atom stereocenters. The Balaban J connectivity index is 0.000000686. The van der Waals surface area contributed by atoms with Crippen molar-refractivity contribution >= 4 is 11.5 Å². The molecule has 1 aromatic carbocycles. The third-order valence-corrected chi connectivity index (χ3v) is 2.65. The summed E-state index contributed by atoms with van der Waals surface area (Å²) in [5.41, 5.74) is 2.27. The van der Waals surface area contributed by atoms with E-state index in [0.717, 1.165) is 11.1 Å². The second-order valence-electron chi connectivity index (χ2n) is 3.80. The maximum absolute atomic E-state index is 11.8. The number of rotatable bonds is 1. The molecule has 1 aliphatic rings. The third kappa shape index (κ3) is 2.49. The van der Waals surface area contributed by atoms with E-state index < -0.39 is 0 Å². The van der Waals surface area contributed by atoms with Crippen molar-refractivity contribution in [2.75, 3.05) is 13.6 Å². The number of amides is 1. The summed E-state index contributed by atoms with van der Waals surface area (Å²) in [7, 11) is 1.68. The van der Waals surface area contributed by atoms with Crippen LogP contribution < -0.4 is 0 Å². The van der Waals surface area contributed by atoms with Gasteiger partial charge in [0, 0.05) is 7.05 Å². The minimum Gasteiger partial charge on any atom is -0.510 e. The first-order valence-electron chi connectivity index (χ1n) is 5.85. The third-order valence-electron chi connectivity index (χ3n) is 2.65. The van der Waals surface area contributed by atoms with E-state index in [-0.39, 0.29) is 11.7 Å². The molecule has 1 aliphatic heterocycles. The van der Waals surface area contributed by atoms with Crippen molar-refractivity contribution in [3.8, 4) is 0 Å². The van der Waals surface area contributed by atoms with Crippen molar-refractivity contribution in [1.82, 2.24) is 4.90 Å². The number of carbonyl (C=O) groups excluding carboxylic acids is 1. The Hall–Kier alpha value is -1.77. The van der Waals surface area contributed by atoms with Gasteiger partial charge >= 0.3 is 0 Å². The van der Waals surface area contributed by atoms with Crippen LogP contribution in [0.4, 0.5) is 0 Å². The number of hydrogen-bond acceptors (Lipinski definition) is 2. The van der Waals surface area contributed by atoms with Crippen LogP contribution in [-0.2, 0) is 4.79 Å². The first kappa shape index (κ1) is 13.3. The summed E-state index contributed by atoms with van der Waals surface area (Å²) in [5, 5.41) is 9.72. The van der Waals surface area contributed by atoms with Crippen LogP contribution in [0.3, 0.4) is 0 Å². The molecule has 92 valence electrons. The van der Waals surface area contributed by atoms with E-state index in [1.165, 1.54) is 4.90 Å². The molecule has 1 amide bonds. The highest BCUT2D eigenvalue weighted by Gasteiger charge is 2.29. The molecule has 2 rings (SSSR count). The van der Waals surface area contributed by atoms with Crippen molar-refractivity contribution in [3.05, 3.63) is 41.2 Å². The van der Waals surface area contributed by atoms with Gasteiger partial charge < -0.3 is 10.0 Å². The fraction of sp³-hybridized carbons (Fsp3) is 0.357. The highest BCUT2D eigenvalue weighted by molar-refractivity contribution is 6.22. The zero-order valence-corrected chi connectivity index (χ0v) is 10.8. The number of hydrogen-bond donors (Lipinski definition) is 1. The lowest BCUT2D eigenvalue weighted by Gasteiger charge is -2.08. The first-order chi connectivity index (χ1) is 8.11. The lowest BCUT2D eigenvalue weighted by molar-refractivity contribution is -0.122. The van der Waals surface area contributed by atoms with Crippen molar-refractivity contribution in [2.24, 2.45) is 0 Å². The number of aliphatic hydroxyl groups excluding tert-OH is 1. The fourth-order valence-electron chi connectivity index (χ4n) is 1.81. The zero-order valence-electron chi connectivity index (χ0n) is 10.8. The second kappa shape index (κ2) is 5.53. The van der Waals surface area contributed by atoms with E-state index in [1.54, 1.807) is 7.05 Å². The summed E-state index contributed by atoms with van der Waals surface area (Å²) in [4.78, 5) is 13.3. The summed E-state index contributed by atoms with van der Waals surface area (Å²) in [6.07, 6.45) is 0.